The molecule has 0 fully saturated rings. The third kappa shape index (κ3) is 33.4. The van der Waals surface area contributed by atoms with Crippen LogP contribution < -0.4 is 0 Å². The Morgan fingerprint density at radius 2 is 0.489 bits per heavy atom. The standard InChI is InChI=1S/C44H88Si/c1-5-9-13-17-21-23-25-27-29-31-35-39-43-45(41-37-33-19-15-11-7-3,42-38-34-20-16-12-8-4)44-40-36-32-30-28-26-24-22-18-14-10-6-2/h39-40,43-44H,5-38,41-42H2,1-4H3. The third-order valence-corrected chi connectivity index (χ3v) is 14.7. The SMILES string of the molecule is CCCCCCCCCCCCC=C[Si](C=CCCCCCCCCCCCC)(CCCCCCCC)CCCCCCCC. The van der Waals surface area contributed by atoms with Crippen molar-refractivity contribution in [2.45, 2.75) is 258 Å². The van der Waals surface area contributed by atoms with E-state index in [0.717, 1.165) is 0 Å². The molecule has 0 aromatic rings. The lowest BCUT2D eigenvalue weighted by atomic mass is 10.1. The fourth-order valence-corrected chi connectivity index (χ4v) is 11.2. The molecule has 0 radical (unpaired) electrons. The summed E-state index contributed by atoms with van der Waals surface area (Å²) in [6.45, 7) is 9.33. The van der Waals surface area contributed by atoms with E-state index in [9.17, 15) is 0 Å². The first-order valence-electron chi connectivity index (χ1n) is 21.6. The zero-order chi connectivity index (χ0) is 32.8. The summed E-state index contributed by atoms with van der Waals surface area (Å²) in [5.41, 5.74) is 5.71. The Hall–Kier alpha value is -0.303. The molecular formula is C44H88Si. The van der Waals surface area contributed by atoms with Gasteiger partial charge in [0.25, 0.3) is 0 Å². The lowest BCUT2D eigenvalue weighted by Crippen LogP contribution is -2.30. The van der Waals surface area contributed by atoms with Crippen LogP contribution in [0, 0.1) is 0 Å². The van der Waals surface area contributed by atoms with Crippen LogP contribution in [0.15, 0.2) is 23.6 Å². The second-order valence-corrected chi connectivity index (χ2v) is 19.1. The van der Waals surface area contributed by atoms with E-state index in [1.807, 2.05) is 0 Å². The van der Waals surface area contributed by atoms with Gasteiger partial charge in [0.15, 0.2) is 0 Å². The molecule has 0 rings (SSSR count). The largest absolute Gasteiger partial charge is 0.101 e. The quantitative estimate of drug-likeness (QED) is 0.0463. The van der Waals surface area contributed by atoms with Crippen LogP contribution in [-0.2, 0) is 0 Å². The third-order valence-electron chi connectivity index (χ3n) is 10.3. The number of unbranched alkanes of at least 4 members (excludes halogenated alkanes) is 30. The van der Waals surface area contributed by atoms with Crippen molar-refractivity contribution in [3.05, 3.63) is 23.6 Å². The second-order valence-electron chi connectivity index (χ2n) is 15.0. The molecule has 1 heteroatoms. The number of hydrogen-bond acceptors (Lipinski definition) is 0. The minimum absolute atomic E-state index is 1.32. The molecule has 0 saturated heterocycles. The van der Waals surface area contributed by atoms with Gasteiger partial charge < -0.3 is 0 Å². The van der Waals surface area contributed by atoms with Gasteiger partial charge in [-0.2, -0.15) is 0 Å². The van der Waals surface area contributed by atoms with E-state index in [1.54, 1.807) is 0 Å². The Morgan fingerprint density at radius 1 is 0.267 bits per heavy atom. The molecular weight excluding hydrogens is 557 g/mol. The van der Waals surface area contributed by atoms with Gasteiger partial charge in [-0.1, -0.05) is 256 Å². The number of allylic oxidation sites excluding steroid dienone is 2. The number of rotatable bonds is 38. The Balaban J connectivity index is 4.86. The molecule has 0 aromatic heterocycles. The summed E-state index contributed by atoms with van der Waals surface area (Å²) in [5, 5.41) is 0. The Labute approximate surface area is 288 Å². The zero-order valence-corrected chi connectivity index (χ0v) is 33.3. The normalized spacial score (nSPS) is 12.4. The van der Waals surface area contributed by atoms with Crippen LogP contribution in [0.2, 0.25) is 12.1 Å². The highest BCUT2D eigenvalue weighted by molar-refractivity contribution is 6.89. The van der Waals surface area contributed by atoms with Gasteiger partial charge in [0.1, 0.15) is 8.07 Å². The molecule has 0 spiro atoms. The summed E-state index contributed by atoms with van der Waals surface area (Å²) in [6.07, 6.45) is 54.1. The van der Waals surface area contributed by atoms with E-state index in [2.05, 4.69) is 51.2 Å². The molecule has 0 aliphatic rings. The summed E-state index contributed by atoms with van der Waals surface area (Å²) < 4.78 is 0. The Kier molecular flexibility index (Phi) is 37.9. The topological polar surface area (TPSA) is 0 Å². The van der Waals surface area contributed by atoms with E-state index in [4.69, 9.17) is 0 Å². The molecule has 0 amide bonds. The first-order valence-corrected chi connectivity index (χ1v) is 24.2. The Bertz CT molecular complexity index is 538. The van der Waals surface area contributed by atoms with Crippen LogP contribution in [0.5, 0.6) is 0 Å². The maximum atomic E-state index is 2.86. The predicted molar refractivity (Wildman–Crippen MR) is 213 cm³/mol. The molecule has 0 N–H and O–H groups in total. The van der Waals surface area contributed by atoms with Crippen molar-refractivity contribution in [1.29, 1.82) is 0 Å². The minimum Gasteiger partial charge on any atom is -0.0944 e. The van der Waals surface area contributed by atoms with Crippen molar-refractivity contribution in [3.8, 4) is 0 Å². The van der Waals surface area contributed by atoms with Gasteiger partial charge >= 0.3 is 0 Å². The van der Waals surface area contributed by atoms with Crippen molar-refractivity contribution in [3.63, 3.8) is 0 Å². The predicted octanol–water partition coefficient (Wildman–Crippen LogP) is 17.0. The molecule has 0 saturated carbocycles. The van der Waals surface area contributed by atoms with Crippen molar-refractivity contribution < 1.29 is 0 Å². The average molecular weight is 645 g/mol. The van der Waals surface area contributed by atoms with Crippen LogP contribution in [0.3, 0.4) is 0 Å². The van der Waals surface area contributed by atoms with Crippen LogP contribution >= 0.6 is 0 Å². The van der Waals surface area contributed by atoms with E-state index < -0.39 is 8.07 Å². The highest BCUT2D eigenvalue weighted by Gasteiger charge is 2.25. The molecule has 268 valence electrons. The monoisotopic (exact) mass is 645 g/mol. The lowest BCUT2D eigenvalue weighted by molar-refractivity contribution is 0.557. The van der Waals surface area contributed by atoms with Gasteiger partial charge in [-0.3, -0.25) is 0 Å². The smallest absolute Gasteiger partial charge is 0.0944 e. The van der Waals surface area contributed by atoms with Gasteiger partial charge in [-0.05, 0) is 25.7 Å². The van der Waals surface area contributed by atoms with E-state index in [-0.39, 0.29) is 0 Å². The maximum Gasteiger partial charge on any atom is 0.101 e. The molecule has 0 aromatic carbocycles. The fourth-order valence-electron chi connectivity index (χ4n) is 7.12. The fraction of sp³-hybridized carbons (Fsp3) is 0.909. The molecule has 0 heterocycles. The molecule has 0 aliphatic carbocycles. The maximum absolute atomic E-state index is 2.86. The molecule has 45 heavy (non-hydrogen) atoms. The van der Waals surface area contributed by atoms with Crippen LogP contribution in [0.1, 0.15) is 246 Å². The zero-order valence-electron chi connectivity index (χ0n) is 32.3. The summed E-state index contributed by atoms with van der Waals surface area (Å²) in [7, 11) is -1.49. The van der Waals surface area contributed by atoms with E-state index >= 15 is 0 Å². The average Bonchev–Trinajstić information content (AvgIpc) is 3.05. The first kappa shape index (κ1) is 44.7. The number of hydrogen-bond donors (Lipinski definition) is 0. The van der Waals surface area contributed by atoms with Gasteiger partial charge in [-0.15, -0.1) is 0 Å². The Morgan fingerprint density at radius 3 is 0.756 bits per heavy atom. The molecule has 0 bridgehead atoms. The van der Waals surface area contributed by atoms with E-state index in [1.165, 1.54) is 230 Å². The van der Waals surface area contributed by atoms with E-state index in [0.29, 0.717) is 0 Å². The van der Waals surface area contributed by atoms with Crippen molar-refractivity contribution in [2.24, 2.45) is 0 Å². The van der Waals surface area contributed by atoms with Gasteiger partial charge in [0.2, 0.25) is 0 Å². The highest BCUT2D eigenvalue weighted by Crippen LogP contribution is 2.28. The minimum atomic E-state index is -1.49. The lowest BCUT2D eigenvalue weighted by Gasteiger charge is -2.26. The van der Waals surface area contributed by atoms with Crippen LogP contribution in [0.4, 0.5) is 0 Å². The molecule has 0 unspecified atom stereocenters. The van der Waals surface area contributed by atoms with Crippen molar-refractivity contribution in [2.75, 3.05) is 0 Å². The van der Waals surface area contributed by atoms with Gasteiger partial charge in [0, 0.05) is 0 Å². The molecule has 0 nitrogen and oxygen atoms in total. The molecule has 0 atom stereocenters. The highest BCUT2D eigenvalue weighted by atomic mass is 28.3. The summed E-state index contributed by atoms with van der Waals surface area (Å²) >= 11 is 0. The van der Waals surface area contributed by atoms with Crippen LogP contribution in [0.25, 0.3) is 0 Å². The van der Waals surface area contributed by atoms with Gasteiger partial charge in [-0.25, -0.2) is 0 Å². The summed E-state index contributed by atoms with van der Waals surface area (Å²) in [4.78, 5) is 0. The van der Waals surface area contributed by atoms with Gasteiger partial charge in [0.05, 0.1) is 0 Å². The summed E-state index contributed by atoms with van der Waals surface area (Å²) in [6, 6.07) is 3.02. The molecule has 0 aliphatic heterocycles. The van der Waals surface area contributed by atoms with Crippen molar-refractivity contribution >= 4 is 8.07 Å². The first-order chi connectivity index (χ1) is 22.2. The van der Waals surface area contributed by atoms with Crippen LogP contribution in [-0.4, -0.2) is 8.07 Å². The van der Waals surface area contributed by atoms with Crippen molar-refractivity contribution in [1.82, 2.24) is 0 Å². The second kappa shape index (κ2) is 38.1. The summed E-state index contributed by atoms with van der Waals surface area (Å²) in [5.74, 6) is 0.